The molecule has 1 atom stereocenters. The highest BCUT2D eigenvalue weighted by Crippen LogP contribution is 2.13. The van der Waals surface area contributed by atoms with Crippen LogP contribution in [0.5, 0.6) is 0 Å². The van der Waals surface area contributed by atoms with E-state index in [-0.39, 0.29) is 0 Å². The third kappa shape index (κ3) is 15.9. The van der Waals surface area contributed by atoms with Gasteiger partial charge in [-0.25, -0.2) is 0 Å². The smallest absolute Gasteiger partial charge is 0.0543 e. The number of rotatable bonds is 15. The Morgan fingerprint density at radius 3 is 1.37 bits per heavy atom. The zero-order chi connectivity index (χ0) is 14.2. The first-order valence-electron chi connectivity index (χ1n) is 8.84. The monoisotopic (exact) mass is 270 g/mol. The lowest BCUT2D eigenvalue weighted by Gasteiger charge is -2.08. The molecule has 0 aliphatic heterocycles. The molecule has 0 N–H and O–H groups in total. The molecular formula is C18H38O. The maximum Gasteiger partial charge on any atom is 0.0543 e. The zero-order valence-corrected chi connectivity index (χ0v) is 13.9. The molecule has 1 unspecified atom stereocenters. The Balaban J connectivity index is 2.95. The zero-order valence-electron chi connectivity index (χ0n) is 13.9. The number of methoxy groups -OCH3 is 1. The Labute approximate surface area is 122 Å². The molecule has 0 amide bonds. The number of hydrogen-bond acceptors (Lipinski definition) is 1. The minimum Gasteiger partial charge on any atom is -0.382 e. The summed E-state index contributed by atoms with van der Waals surface area (Å²) in [6, 6.07) is 0. The van der Waals surface area contributed by atoms with Crippen molar-refractivity contribution < 1.29 is 4.74 Å². The standard InChI is InChI=1S/C18H38O/c1-4-5-6-7-8-9-10-11-12-13-14-15-16-17-18(2)19-3/h18H,4-17H2,1-3H3. The van der Waals surface area contributed by atoms with Crippen LogP contribution in [0.1, 0.15) is 104 Å². The van der Waals surface area contributed by atoms with Crippen molar-refractivity contribution in [2.45, 2.75) is 110 Å². The van der Waals surface area contributed by atoms with Gasteiger partial charge < -0.3 is 4.74 Å². The van der Waals surface area contributed by atoms with E-state index in [0.717, 1.165) is 0 Å². The van der Waals surface area contributed by atoms with Crippen LogP contribution in [0.3, 0.4) is 0 Å². The number of unbranched alkanes of at least 4 members (excludes halogenated alkanes) is 12. The number of ether oxygens (including phenoxy) is 1. The van der Waals surface area contributed by atoms with Crippen LogP contribution >= 0.6 is 0 Å². The quantitative estimate of drug-likeness (QED) is 0.308. The van der Waals surface area contributed by atoms with Gasteiger partial charge in [0, 0.05) is 7.11 Å². The molecular weight excluding hydrogens is 232 g/mol. The Bertz CT molecular complexity index is 156. The van der Waals surface area contributed by atoms with Gasteiger partial charge >= 0.3 is 0 Å². The third-order valence-corrected chi connectivity index (χ3v) is 4.12. The van der Waals surface area contributed by atoms with Crippen LogP contribution in [-0.2, 0) is 4.74 Å². The SMILES string of the molecule is CCCCCCCCCCCCCCCC(C)OC. The van der Waals surface area contributed by atoms with Crippen LogP contribution < -0.4 is 0 Å². The van der Waals surface area contributed by atoms with E-state index < -0.39 is 0 Å². The molecule has 0 saturated carbocycles. The van der Waals surface area contributed by atoms with Gasteiger partial charge in [0.1, 0.15) is 0 Å². The fourth-order valence-electron chi connectivity index (χ4n) is 2.57. The highest BCUT2D eigenvalue weighted by molar-refractivity contribution is 4.52. The Morgan fingerprint density at radius 2 is 1.00 bits per heavy atom. The summed E-state index contributed by atoms with van der Waals surface area (Å²) in [7, 11) is 1.81. The van der Waals surface area contributed by atoms with Gasteiger partial charge in [-0.05, 0) is 13.3 Å². The second kappa shape index (κ2) is 16.0. The Morgan fingerprint density at radius 1 is 0.632 bits per heavy atom. The van der Waals surface area contributed by atoms with Gasteiger partial charge in [-0.15, -0.1) is 0 Å². The first-order valence-corrected chi connectivity index (χ1v) is 8.84. The lowest BCUT2D eigenvalue weighted by Crippen LogP contribution is -2.03. The van der Waals surface area contributed by atoms with Crippen molar-refractivity contribution in [2.75, 3.05) is 7.11 Å². The van der Waals surface area contributed by atoms with Crippen molar-refractivity contribution in [3.8, 4) is 0 Å². The minimum absolute atomic E-state index is 0.452. The maximum absolute atomic E-state index is 5.26. The van der Waals surface area contributed by atoms with Gasteiger partial charge in [-0.3, -0.25) is 0 Å². The molecule has 0 saturated heterocycles. The molecule has 0 aromatic carbocycles. The molecule has 1 heteroatoms. The van der Waals surface area contributed by atoms with Gasteiger partial charge in [0.05, 0.1) is 6.10 Å². The molecule has 0 heterocycles. The lowest BCUT2D eigenvalue weighted by atomic mass is 10.0. The second-order valence-corrected chi connectivity index (χ2v) is 6.08. The van der Waals surface area contributed by atoms with E-state index in [9.17, 15) is 0 Å². The maximum atomic E-state index is 5.26. The average Bonchev–Trinajstić information content (AvgIpc) is 2.43. The van der Waals surface area contributed by atoms with E-state index in [1.807, 2.05) is 7.11 Å². The van der Waals surface area contributed by atoms with Crippen LogP contribution in [0.15, 0.2) is 0 Å². The summed E-state index contributed by atoms with van der Waals surface area (Å²) >= 11 is 0. The van der Waals surface area contributed by atoms with Crippen LogP contribution in [0.2, 0.25) is 0 Å². The van der Waals surface area contributed by atoms with Crippen molar-refractivity contribution in [2.24, 2.45) is 0 Å². The van der Waals surface area contributed by atoms with Gasteiger partial charge in [0.2, 0.25) is 0 Å². The number of hydrogen-bond donors (Lipinski definition) is 0. The third-order valence-electron chi connectivity index (χ3n) is 4.12. The van der Waals surface area contributed by atoms with Gasteiger partial charge in [-0.2, -0.15) is 0 Å². The van der Waals surface area contributed by atoms with E-state index in [4.69, 9.17) is 4.74 Å². The Hall–Kier alpha value is -0.0400. The van der Waals surface area contributed by atoms with Gasteiger partial charge in [-0.1, -0.05) is 90.4 Å². The van der Waals surface area contributed by atoms with E-state index >= 15 is 0 Å². The summed E-state index contributed by atoms with van der Waals surface area (Å²) in [5, 5.41) is 0. The van der Waals surface area contributed by atoms with Crippen molar-refractivity contribution >= 4 is 0 Å². The summed E-state index contributed by atoms with van der Waals surface area (Å²) in [6.07, 6.45) is 20.3. The van der Waals surface area contributed by atoms with E-state index in [2.05, 4.69) is 13.8 Å². The van der Waals surface area contributed by atoms with Crippen molar-refractivity contribution in [1.29, 1.82) is 0 Å². The molecule has 19 heavy (non-hydrogen) atoms. The Kier molecular flexibility index (Phi) is 16.0. The van der Waals surface area contributed by atoms with E-state index in [1.54, 1.807) is 0 Å². The minimum atomic E-state index is 0.452. The van der Waals surface area contributed by atoms with Crippen LogP contribution in [0.25, 0.3) is 0 Å². The normalized spacial score (nSPS) is 12.8. The molecule has 116 valence electrons. The average molecular weight is 271 g/mol. The summed E-state index contributed by atoms with van der Waals surface area (Å²) in [5.41, 5.74) is 0. The summed E-state index contributed by atoms with van der Waals surface area (Å²) in [6.45, 7) is 4.45. The second-order valence-electron chi connectivity index (χ2n) is 6.08. The topological polar surface area (TPSA) is 9.23 Å². The fraction of sp³-hybridized carbons (Fsp3) is 1.00. The van der Waals surface area contributed by atoms with Gasteiger partial charge in [0.25, 0.3) is 0 Å². The lowest BCUT2D eigenvalue weighted by molar-refractivity contribution is 0.108. The predicted octanol–water partition coefficient (Wildman–Crippen LogP) is 6.50. The van der Waals surface area contributed by atoms with Crippen LogP contribution in [0.4, 0.5) is 0 Å². The van der Waals surface area contributed by atoms with E-state index in [1.165, 1.54) is 89.9 Å². The fourth-order valence-corrected chi connectivity index (χ4v) is 2.57. The van der Waals surface area contributed by atoms with Crippen molar-refractivity contribution in [3.05, 3.63) is 0 Å². The first-order chi connectivity index (χ1) is 9.31. The molecule has 0 aromatic rings. The van der Waals surface area contributed by atoms with Crippen molar-refractivity contribution in [3.63, 3.8) is 0 Å². The van der Waals surface area contributed by atoms with Crippen molar-refractivity contribution in [1.82, 2.24) is 0 Å². The molecule has 1 nitrogen and oxygen atoms in total. The predicted molar refractivity (Wildman–Crippen MR) is 86.8 cm³/mol. The summed E-state index contributed by atoms with van der Waals surface area (Å²) in [5.74, 6) is 0. The molecule has 0 bridgehead atoms. The molecule has 0 aliphatic rings. The molecule has 0 fully saturated rings. The highest BCUT2D eigenvalue weighted by Gasteiger charge is 1.98. The molecule has 0 radical (unpaired) electrons. The largest absolute Gasteiger partial charge is 0.382 e. The first kappa shape index (κ1) is 19.0. The molecule has 0 rings (SSSR count). The molecule has 0 spiro atoms. The van der Waals surface area contributed by atoms with Crippen LogP contribution in [-0.4, -0.2) is 13.2 Å². The summed E-state index contributed by atoms with van der Waals surface area (Å²) in [4.78, 5) is 0. The van der Waals surface area contributed by atoms with Gasteiger partial charge in [0.15, 0.2) is 0 Å². The molecule has 0 aromatic heterocycles. The highest BCUT2D eigenvalue weighted by atomic mass is 16.5. The van der Waals surface area contributed by atoms with Crippen LogP contribution in [0, 0.1) is 0 Å². The summed E-state index contributed by atoms with van der Waals surface area (Å²) < 4.78 is 5.26. The van der Waals surface area contributed by atoms with E-state index in [0.29, 0.717) is 6.10 Å². The molecule has 0 aliphatic carbocycles.